The highest BCUT2D eigenvalue weighted by molar-refractivity contribution is 6.76. The first kappa shape index (κ1) is 18.2. The molecule has 0 spiro atoms. The van der Waals surface area contributed by atoms with E-state index >= 15 is 0 Å². The molecular formula is C16H28O4Si. The van der Waals surface area contributed by atoms with Crippen molar-refractivity contribution in [2.75, 3.05) is 26.4 Å². The van der Waals surface area contributed by atoms with Crippen molar-refractivity contribution in [1.82, 2.24) is 0 Å². The lowest BCUT2D eigenvalue weighted by Crippen LogP contribution is -2.57. The molecule has 5 heteroatoms. The number of unbranched alkanes of at least 4 members (excludes halogenated alkanes) is 1. The smallest absolute Gasteiger partial charge is 0.493 e. The highest BCUT2D eigenvalue weighted by atomic mass is 28.4. The highest BCUT2D eigenvalue weighted by Gasteiger charge is 2.45. The van der Waals surface area contributed by atoms with Gasteiger partial charge in [0.05, 0.1) is 11.8 Å². The molecule has 0 saturated heterocycles. The normalized spacial score (nSPS) is 11.6. The Hall–Kier alpha value is -0.883. The number of benzene rings is 1. The lowest BCUT2D eigenvalue weighted by Gasteiger charge is -2.29. The van der Waals surface area contributed by atoms with Crippen molar-refractivity contribution in [2.45, 2.75) is 40.5 Å². The predicted molar refractivity (Wildman–Crippen MR) is 87.1 cm³/mol. The van der Waals surface area contributed by atoms with E-state index in [2.05, 4.69) is 6.92 Å². The minimum atomic E-state index is -2.90. The van der Waals surface area contributed by atoms with Crippen molar-refractivity contribution >= 4 is 14.0 Å². The summed E-state index contributed by atoms with van der Waals surface area (Å²) in [6.45, 7) is 10.4. The summed E-state index contributed by atoms with van der Waals surface area (Å²) < 4.78 is 23.8. The van der Waals surface area contributed by atoms with Crippen LogP contribution in [0.2, 0.25) is 0 Å². The van der Waals surface area contributed by atoms with E-state index < -0.39 is 8.80 Å². The van der Waals surface area contributed by atoms with Crippen LogP contribution in [-0.2, 0) is 13.3 Å². The van der Waals surface area contributed by atoms with E-state index in [-0.39, 0.29) is 0 Å². The van der Waals surface area contributed by atoms with E-state index in [1.54, 1.807) is 0 Å². The molecule has 1 aromatic carbocycles. The van der Waals surface area contributed by atoms with Crippen LogP contribution < -0.4 is 9.92 Å². The molecule has 4 nitrogen and oxygen atoms in total. The average Bonchev–Trinajstić information content (AvgIpc) is 2.49. The Bertz CT molecular complexity index is 381. The van der Waals surface area contributed by atoms with Gasteiger partial charge in [0.15, 0.2) is 0 Å². The summed E-state index contributed by atoms with van der Waals surface area (Å²) in [4.78, 5) is 0. The van der Waals surface area contributed by atoms with Gasteiger partial charge in [-0.15, -0.1) is 0 Å². The molecule has 0 fully saturated rings. The molecule has 120 valence electrons. The number of rotatable bonds is 11. The Kier molecular flexibility index (Phi) is 8.60. The fourth-order valence-corrected chi connectivity index (χ4v) is 4.71. The summed E-state index contributed by atoms with van der Waals surface area (Å²) in [5.74, 6) is 0.813. The molecule has 1 aromatic rings. The molecule has 21 heavy (non-hydrogen) atoms. The van der Waals surface area contributed by atoms with Crippen molar-refractivity contribution in [3.8, 4) is 5.75 Å². The molecule has 0 bridgehead atoms. The summed E-state index contributed by atoms with van der Waals surface area (Å²) in [5.41, 5.74) is 0. The molecule has 0 N–H and O–H groups in total. The monoisotopic (exact) mass is 312 g/mol. The van der Waals surface area contributed by atoms with Gasteiger partial charge in [0, 0.05) is 19.8 Å². The van der Waals surface area contributed by atoms with E-state index in [9.17, 15) is 0 Å². The Morgan fingerprint density at radius 1 is 0.857 bits per heavy atom. The summed E-state index contributed by atoms with van der Waals surface area (Å²) in [6, 6.07) is 7.90. The van der Waals surface area contributed by atoms with Crippen LogP contribution in [0, 0.1) is 0 Å². The van der Waals surface area contributed by atoms with Crippen molar-refractivity contribution in [3.63, 3.8) is 0 Å². The standard InChI is InChI=1S/C16H28O4Si/c1-5-9-14-17-15-12-10-11-13-16(15)21(18-6-2,19-7-3)20-8-4/h10-13H,5-9,14H2,1-4H3. The van der Waals surface area contributed by atoms with Gasteiger partial charge in [-0.1, -0.05) is 31.5 Å². The molecule has 1 rings (SSSR count). The quantitative estimate of drug-likeness (QED) is 0.465. The minimum absolute atomic E-state index is 0.551. The fourth-order valence-electron chi connectivity index (χ4n) is 2.10. The SMILES string of the molecule is CCCCOc1ccccc1[Si](OCC)(OCC)OCC. The third-order valence-corrected chi connectivity index (χ3v) is 6.05. The van der Waals surface area contributed by atoms with Crippen molar-refractivity contribution in [1.29, 1.82) is 0 Å². The second-order valence-electron chi connectivity index (χ2n) is 4.55. The maximum atomic E-state index is 5.96. The molecular weight excluding hydrogens is 284 g/mol. The van der Waals surface area contributed by atoms with Crippen LogP contribution >= 0.6 is 0 Å². The third kappa shape index (κ3) is 5.11. The molecule has 0 unspecified atom stereocenters. The highest BCUT2D eigenvalue weighted by Crippen LogP contribution is 2.18. The molecule has 0 aliphatic rings. The van der Waals surface area contributed by atoms with Crippen molar-refractivity contribution in [3.05, 3.63) is 24.3 Å². The molecule has 0 amide bonds. The maximum absolute atomic E-state index is 5.96. The van der Waals surface area contributed by atoms with Crippen LogP contribution in [0.5, 0.6) is 5.75 Å². The Morgan fingerprint density at radius 2 is 1.43 bits per heavy atom. The first-order chi connectivity index (χ1) is 10.2. The predicted octanol–water partition coefficient (Wildman–Crippen LogP) is 3.12. The maximum Gasteiger partial charge on any atom is 0.541 e. The van der Waals surface area contributed by atoms with Crippen LogP contribution in [-0.4, -0.2) is 35.2 Å². The first-order valence-corrected chi connectivity index (χ1v) is 9.60. The lowest BCUT2D eigenvalue weighted by molar-refractivity contribution is 0.0852. The third-order valence-electron chi connectivity index (χ3n) is 2.98. The Labute approximate surface area is 129 Å². The Morgan fingerprint density at radius 3 is 1.95 bits per heavy atom. The summed E-state index contributed by atoms with van der Waals surface area (Å²) >= 11 is 0. The summed E-state index contributed by atoms with van der Waals surface area (Å²) in [5, 5.41) is 0.923. The fraction of sp³-hybridized carbons (Fsp3) is 0.625. The summed E-state index contributed by atoms with van der Waals surface area (Å²) in [6.07, 6.45) is 2.13. The van der Waals surface area contributed by atoms with Gasteiger partial charge in [0.2, 0.25) is 0 Å². The minimum Gasteiger partial charge on any atom is -0.493 e. The molecule has 0 aromatic heterocycles. The van der Waals surface area contributed by atoms with Gasteiger partial charge in [0.25, 0.3) is 0 Å². The first-order valence-electron chi connectivity index (χ1n) is 7.88. The second-order valence-corrected chi connectivity index (χ2v) is 7.07. The van der Waals surface area contributed by atoms with Gasteiger partial charge in [-0.3, -0.25) is 0 Å². The van der Waals surface area contributed by atoms with Gasteiger partial charge < -0.3 is 18.0 Å². The van der Waals surface area contributed by atoms with Gasteiger partial charge >= 0.3 is 8.80 Å². The zero-order valence-corrected chi connectivity index (χ0v) is 14.7. The van der Waals surface area contributed by atoms with Gasteiger partial charge in [-0.25, -0.2) is 0 Å². The molecule has 0 radical (unpaired) electrons. The summed E-state index contributed by atoms with van der Waals surface area (Å²) in [7, 11) is -2.90. The van der Waals surface area contributed by atoms with Gasteiger partial charge in [0.1, 0.15) is 5.75 Å². The van der Waals surface area contributed by atoms with E-state index in [4.69, 9.17) is 18.0 Å². The average molecular weight is 312 g/mol. The molecule has 0 aliphatic heterocycles. The number of ether oxygens (including phenoxy) is 1. The zero-order chi connectivity index (χ0) is 15.6. The van der Waals surface area contributed by atoms with Crippen LogP contribution in [0.1, 0.15) is 40.5 Å². The largest absolute Gasteiger partial charge is 0.541 e. The van der Waals surface area contributed by atoms with E-state index in [0.717, 1.165) is 23.8 Å². The number of para-hydroxylation sites is 1. The molecule has 0 atom stereocenters. The van der Waals surface area contributed by atoms with E-state index in [0.29, 0.717) is 26.4 Å². The molecule has 0 heterocycles. The molecule has 0 aliphatic carbocycles. The van der Waals surface area contributed by atoms with Crippen molar-refractivity contribution < 1.29 is 18.0 Å². The van der Waals surface area contributed by atoms with Crippen LogP contribution in [0.15, 0.2) is 24.3 Å². The van der Waals surface area contributed by atoms with E-state index in [1.807, 2.05) is 45.0 Å². The van der Waals surface area contributed by atoms with Gasteiger partial charge in [-0.2, -0.15) is 0 Å². The zero-order valence-electron chi connectivity index (χ0n) is 13.7. The van der Waals surface area contributed by atoms with Crippen LogP contribution in [0.25, 0.3) is 0 Å². The number of hydrogen-bond donors (Lipinski definition) is 0. The second kappa shape index (κ2) is 9.95. The van der Waals surface area contributed by atoms with Gasteiger partial charge in [-0.05, 0) is 33.3 Å². The van der Waals surface area contributed by atoms with Crippen LogP contribution in [0.3, 0.4) is 0 Å². The Balaban J connectivity index is 3.09. The van der Waals surface area contributed by atoms with Crippen LogP contribution in [0.4, 0.5) is 0 Å². The lowest BCUT2D eigenvalue weighted by atomic mass is 10.3. The molecule has 0 saturated carbocycles. The number of hydrogen-bond acceptors (Lipinski definition) is 4. The van der Waals surface area contributed by atoms with Crippen molar-refractivity contribution in [2.24, 2.45) is 0 Å². The topological polar surface area (TPSA) is 36.9 Å². The van der Waals surface area contributed by atoms with E-state index in [1.165, 1.54) is 0 Å².